The predicted octanol–water partition coefficient (Wildman–Crippen LogP) is 3.39. The number of carbonyl (C=O) groups is 1. The Hall–Kier alpha value is -2.93. The van der Waals surface area contributed by atoms with Gasteiger partial charge in [-0.1, -0.05) is 23.7 Å². The minimum atomic E-state index is -0.432. The zero-order valence-corrected chi connectivity index (χ0v) is 15.5. The summed E-state index contributed by atoms with van der Waals surface area (Å²) in [5.74, 6) is 0.244. The first-order valence-corrected chi connectivity index (χ1v) is 8.92. The number of benzene rings is 1. The zero-order chi connectivity index (χ0) is 19.4. The number of pyridine rings is 1. The standard InChI is InChI=1S/C19H19ClN4O3/c1-14-13-22(19-17(24(26)27)6-3-9-21-19)10-11-23(14)18(25)8-7-15-4-2-5-16(20)12-15/h2-9,12,14H,10-11,13H2,1H3/t14-/m1/s1. The first kappa shape index (κ1) is 18.8. The van der Waals surface area contributed by atoms with Gasteiger partial charge in [0.1, 0.15) is 0 Å². The number of anilines is 1. The Morgan fingerprint density at radius 1 is 1.33 bits per heavy atom. The van der Waals surface area contributed by atoms with Gasteiger partial charge >= 0.3 is 5.69 Å². The molecule has 140 valence electrons. The van der Waals surface area contributed by atoms with E-state index in [2.05, 4.69) is 4.98 Å². The van der Waals surface area contributed by atoms with Crippen molar-refractivity contribution in [3.8, 4) is 0 Å². The number of halogens is 1. The highest BCUT2D eigenvalue weighted by Gasteiger charge is 2.30. The molecule has 1 aliphatic heterocycles. The maximum absolute atomic E-state index is 12.5. The van der Waals surface area contributed by atoms with Crippen LogP contribution in [0.3, 0.4) is 0 Å². The third kappa shape index (κ3) is 4.43. The van der Waals surface area contributed by atoms with E-state index in [4.69, 9.17) is 11.6 Å². The van der Waals surface area contributed by atoms with Crippen molar-refractivity contribution in [2.75, 3.05) is 24.5 Å². The second-order valence-corrected chi connectivity index (χ2v) is 6.75. The predicted molar refractivity (Wildman–Crippen MR) is 105 cm³/mol. The lowest BCUT2D eigenvalue weighted by Crippen LogP contribution is -2.54. The van der Waals surface area contributed by atoms with Gasteiger partial charge in [-0.2, -0.15) is 0 Å². The van der Waals surface area contributed by atoms with E-state index in [1.54, 1.807) is 29.2 Å². The fourth-order valence-corrected chi connectivity index (χ4v) is 3.32. The van der Waals surface area contributed by atoms with E-state index in [1.165, 1.54) is 18.3 Å². The number of amides is 1. The van der Waals surface area contributed by atoms with Crippen LogP contribution < -0.4 is 4.90 Å². The van der Waals surface area contributed by atoms with Crippen LogP contribution in [0.5, 0.6) is 0 Å². The van der Waals surface area contributed by atoms with Crippen LogP contribution in [0.2, 0.25) is 5.02 Å². The highest BCUT2D eigenvalue weighted by molar-refractivity contribution is 6.30. The molecule has 1 atom stereocenters. The van der Waals surface area contributed by atoms with E-state index in [1.807, 2.05) is 24.0 Å². The Morgan fingerprint density at radius 3 is 2.85 bits per heavy atom. The van der Waals surface area contributed by atoms with E-state index in [9.17, 15) is 14.9 Å². The molecular formula is C19H19ClN4O3. The first-order valence-electron chi connectivity index (χ1n) is 8.54. The monoisotopic (exact) mass is 386 g/mol. The summed E-state index contributed by atoms with van der Waals surface area (Å²) in [7, 11) is 0. The molecule has 7 nitrogen and oxygen atoms in total. The summed E-state index contributed by atoms with van der Waals surface area (Å²) in [6.45, 7) is 3.35. The van der Waals surface area contributed by atoms with Crippen LogP contribution in [0.25, 0.3) is 6.08 Å². The Bertz CT molecular complexity index is 887. The van der Waals surface area contributed by atoms with Crippen molar-refractivity contribution < 1.29 is 9.72 Å². The molecule has 8 heteroatoms. The van der Waals surface area contributed by atoms with Crippen LogP contribution in [0, 0.1) is 10.1 Å². The van der Waals surface area contributed by atoms with E-state index in [0.29, 0.717) is 30.5 Å². The molecule has 0 radical (unpaired) electrons. The van der Waals surface area contributed by atoms with Gasteiger partial charge in [0.2, 0.25) is 11.7 Å². The molecule has 0 saturated carbocycles. The fraction of sp³-hybridized carbons (Fsp3) is 0.263. The molecule has 1 fully saturated rings. The third-order valence-electron chi connectivity index (χ3n) is 4.44. The lowest BCUT2D eigenvalue weighted by molar-refractivity contribution is -0.384. The second-order valence-electron chi connectivity index (χ2n) is 6.32. The van der Waals surface area contributed by atoms with E-state index >= 15 is 0 Å². The molecule has 0 aliphatic carbocycles. The van der Waals surface area contributed by atoms with Gasteiger partial charge in [-0.25, -0.2) is 4.98 Å². The smallest absolute Gasteiger partial charge is 0.311 e. The van der Waals surface area contributed by atoms with Gasteiger partial charge < -0.3 is 9.80 Å². The van der Waals surface area contributed by atoms with E-state index < -0.39 is 4.92 Å². The molecular weight excluding hydrogens is 368 g/mol. The molecule has 0 spiro atoms. The molecule has 3 rings (SSSR count). The molecule has 0 N–H and O–H groups in total. The largest absolute Gasteiger partial charge is 0.347 e. The lowest BCUT2D eigenvalue weighted by atomic mass is 10.1. The maximum Gasteiger partial charge on any atom is 0.311 e. The van der Waals surface area contributed by atoms with Crippen LogP contribution in [0.4, 0.5) is 11.5 Å². The number of nitro groups is 1. The molecule has 1 aromatic heterocycles. The summed E-state index contributed by atoms with van der Waals surface area (Å²) in [6, 6.07) is 10.2. The number of nitrogens with zero attached hydrogens (tertiary/aromatic N) is 4. The SMILES string of the molecule is C[C@@H]1CN(c2ncccc2[N+](=O)[O-])CCN1C(=O)C=Cc1cccc(Cl)c1. The molecule has 1 saturated heterocycles. The Labute approximate surface area is 162 Å². The fourth-order valence-electron chi connectivity index (χ4n) is 3.13. The quantitative estimate of drug-likeness (QED) is 0.457. The molecule has 1 aromatic carbocycles. The van der Waals surface area contributed by atoms with Crippen molar-refractivity contribution in [2.24, 2.45) is 0 Å². The van der Waals surface area contributed by atoms with Gasteiger partial charge in [0.05, 0.1) is 4.92 Å². The van der Waals surface area contributed by atoms with Crippen LogP contribution in [0.1, 0.15) is 12.5 Å². The number of hydrogen-bond acceptors (Lipinski definition) is 5. The van der Waals surface area contributed by atoms with Crippen molar-refractivity contribution >= 4 is 35.1 Å². The molecule has 0 unspecified atom stereocenters. The summed E-state index contributed by atoms with van der Waals surface area (Å²) >= 11 is 5.95. The summed E-state index contributed by atoms with van der Waals surface area (Å²) < 4.78 is 0. The topological polar surface area (TPSA) is 79.6 Å². The van der Waals surface area contributed by atoms with Crippen LogP contribution >= 0.6 is 11.6 Å². The molecule has 2 aromatic rings. The van der Waals surface area contributed by atoms with Gasteiger partial charge in [0.15, 0.2) is 0 Å². The normalized spacial score (nSPS) is 17.3. The Balaban J connectivity index is 1.68. The zero-order valence-electron chi connectivity index (χ0n) is 14.8. The maximum atomic E-state index is 12.5. The number of aromatic nitrogens is 1. The number of carbonyl (C=O) groups excluding carboxylic acids is 1. The van der Waals surface area contributed by atoms with Gasteiger partial charge in [-0.15, -0.1) is 0 Å². The van der Waals surface area contributed by atoms with Gasteiger partial charge in [-0.3, -0.25) is 14.9 Å². The molecule has 0 bridgehead atoms. The Kier molecular flexibility index (Phi) is 5.71. The minimum absolute atomic E-state index is 0.0228. The molecule has 27 heavy (non-hydrogen) atoms. The van der Waals surface area contributed by atoms with Crippen molar-refractivity contribution in [3.05, 3.63) is 69.4 Å². The molecule has 1 amide bonds. The van der Waals surface area contributed by atoms with Crippen molar-refractivity contribution in [2.45, 2.75) is 13.0 Å². The summed E-state index contributed by atoms with van der Waals surface area (Å²) in [6.07, 6.45) is 4.80. The van der Waals surface area contributed by atoms with Gasteiger partial charge in [0.25, 0.3) is 0 Å². The van der Waals surface area contributed by atoms with Crippen LogP contribution in [0.15, 0.2) is 48.7 Å². The highest BCUT2D eigenvalue weighted by atomic mass is 35.5. The molecule has 2 heterocycles. The summed E-state index contributed by atoms with van der Waals surface area (Å²) in [5, 5.41) is 11.8. The van der Waals surface area contributed by atoms with Crippen molar-refractivity contribution in [1.82, 2.24) is 9.88 Å². The first-order chi connectivity index (χ1) is 13.0. The van der Waals surface area contributed by atoms with Crippen LogP contribution in [-0.2, 0) is 4.79 Å². The summed E-state index contributed by atoms with van der Waals surface area (Å²) in [5.41, 5.74) is 0.830. The highest BCUT2D eigenvalue weighted by Crippen LogP contribution is 2.27. The van der Waals surface area contributed by atoms with E-state index in [0.717, 1.165) is 5.56 Å². The van der Waals surface area contributed by atoms with Crippen molar-refractivity contribution in [3.63, 3.8) is 0 Å². The second kappa shape index (κ2) is 8.18. The number of hydrogen-bond donors (Lipinski definition) is 0. The number of rotatable bonds is 4. The Morgan fingerprint density at radius 2 is 2.15 bits per heavy atom. The van der Waals surface area contributed by atoms with Crippen LogP contribution in [-0.4, -0.2) is 46.4 Å². The van der Waals surface area contributed by atoms with Gasteiger partial charge in [0, 0.05) is 49.0 Å². The average molecular weight is 387 g/mol. The van der Waals surface area contributed by atoms with E-state index in [-0.39, 0.29) is 17.6 Å². The molecule has 1 aliphatic rings. The van der Waals surface area contributed by atoms with Gasteiger partial charge in [-0.05, 0) is 36.8 Å². The lowest BCUT2D eigenvalue weighted by Gasteiger charge is -2.39. The minimum Gasteiger partial charge on any atom is -0.347 e. The average Bonchev–Trinajstić information content (AvgIpc) is 2.66. The van der Waals surface area contributed by atoms with Crippen molar-refractivity contribution in [1.29, 1.82) is 0 Å². The summed E-state index contributed by atoms with van der Waals surface area (Å²) in [4.78, 5) is 31.1. The number of piperazine rings is 1. The third-order valence-corrected chi connectivity index (χ3v) is 4.68.